The van der Waals surface area contributed by atoms with Crippen molar-refractivity contribution in [3.63, 3.8) is 0 Å². The Morgan fingerprint density at radius 3 is 2.06 bits per heavy atom. The molecule has 13 heteroatoms. The molecule has 9 N–H and O–H groups in total. The van der Waals surface area contributed by atoms with Crippen molar-refractivity contribution in [1.29, 1.82) is 0 Å². The zero-order valence-corrected chi connectivity index (χ0v) is 19.6. The molecule has 0 heterocycles. The van der Waals surface area contributed by atoms with Gasteiger partial charge in [0, 0.05) is 12.8 Å². The molecule has 34 heavy (non-hydrogen) atoms. The van der Waals surface area contributed by atoms with Gasteiger partial charge in [-0.25, -0.2) is 4.79 Å². The number of phenolic OH excluding ortho intramolecular Hbond substituents is 1. The Bertz CT molecular complexity index is 866. The summed E-state index contributed by atoms with van der Waals surface area (Å²) in [5.74, 6) is -3.52. The van der Waals surface area contributed by atoms with Crippen molar-refractivity contribution in [2.24, 2.45) is 11.5 Å². The van der Waals surface area contributed by atoms with Crippen molar-refractivity contribution in [1.82, 2.24) is 16.0 Å². The maximum absolute atomic E-state index is 13.0. The molecule has 0 aliphatic heterocycles. The number of primary amides is 1. The first kappa shape index (κ1) is 28.7. The first-order valence-electron chi connectivity index (χ1n) is 10.5. The van der Waals surface area contributed by atoms with E-state index in [4.69, 9.17) is 11.5 Å². The van der Waals surface area contributed by atoms with Gasteiger partial charge in [0.2, 0.25) is 23.6 Å². The van der Waals surface area contributed by atoms with Crippen LogP contribution < -0.4 is 27.4 Å². The van der Waals surface area contributed by atoms with Crippen molar-refractivity contribution in [3.8, 4) is 5.75 Å². The summed E-state index contributed by atoms with van der Waals surface area (Å²) >= 11 is 1.42. The van der Waals surface area contributed by atoms with E-state index in [1.807, 2.05) is 0 Å². The van der Waals surface area contributed by atoms with E-state index in [1.54, 1.807) is 18.4 Å². The van der Waals surface area contributed by atoms with Gasteiger partial charge in [0.05, 0.1) is 6.54 Å². The lowest BCUT2D eigenvalue weighted by Crippen LogP contribution is -2.56. The van der Waals surface area contributed by atoms with Crippen LogP contribution in [0.4, 0.5) is 0 Å². The van der Waals surface area contributed by atoms with Crippen LogP contribution >= 0.6 is 11.8 Å². The molecule has 188 valence electrons. The zero-order valence-electron chi connectivity index (χ0n) is 18.8. The molecule has 1 aromatic rings. The van der Waals surface area contributed by atoms with Gasteiger partial charge < -0.3 is 37.6 Å². The molecule has 0 spiro atoms. The summed E-state index contributed by atoms with van der Waals surface area (Å²) in [6, 6.07) is 2.50. The number of benzene rings is 1. The molecule has 3 atom stereocenters. The fourth-order valence-electron chi connectivity index (χ4n) is 2.92. The van der Waals surface area contributed by atoms with Crippen molar-refractivity contribution in [2.75, 3.05) is 18.6 Å². The number of nitrogens with one attached hydrogen (secondary N) is 3. The molecule has 3 unspecified atom stereocenters. The van der Waals surface area contributed by atoms with Gasteiger partial charge in [-0.1, -0.05) is 12.1 Å². The predicted molar refractivity (Wildman–Crippen MR) is 126 cm³/mol. The molecule has 0 aliphatic carbocycles. The third kappa shape index (κ3) is 10.5. The highest BCUT2D eigenvalue weighted by Crippen LogP contribution is 2.12. The highest BCUT2D eigenvalue weighted by atomic mass is 32.2. The highest BCUT2D eigenvalue weighted by molar-refractivity contribution is 7.98. The average Bonchev–Trinajstić information content (AvgIpc) is 2.79. The third-order valence-electron chi connectivity index (χ3n) is 4.75. The number of hydrogen-bond donors (Lipinski definition) is 7. The summed E-state index contributed by atoms with van der Waals surface area (Å²) in [5, 5.41) is 26.2. The molecule has 0 fully saturated rings. The van der Waals surface area contributed by atoms with E-state index in [2.05, 4.69) is 16.0 Å². The smallest absolute Gasteiger partial charge is 0.326 e. The van der Waals surface area contributed by atoms with Crippen LogP contribution in [0.3, 0.4) is 0 Å². The summed E-state index contributed by atoms with van der Waals surface area (Å²) in [6.45, 7) is -0.351. The minimum atomic E-state index is -1.36. The Morgan fingerprint density at radius 2 is 1.53 bits per heavy atom. The lowest BCUT2D eigenvalue weighted by molar-refractivity contribution is -0.142. The van der Waals surface area contributed by atoms with Crippen molar-refractivity contribution >= 4 is 41.4 Å². The van der Waals surface area contributed by atoms with Crippen LogP contribution in [0.5, 0.6) is 5.75 Å². The summed E-state index contributed by atoms with van der Waals surface area (Å²) in [5.41, 5.74) is 11.0. The molecular formula is C21H31N5O7S. The number of rotatable bonds is 15. The van der Waals surface area contributed by atoms with Crippen LogP contribution in [0.2, 0.25) is 0 Å². The number of aliphatic carboxylic acids is 1. The number of aromatic hydroxyl groups is 1. The Morgan fingerprint density at radius 1 is 0.941 bits per heavy atom. The predicted octanol–water partition coefficient (Wildman–Crippen LogP) is -1.55. The summed E-state index contributed by atoms with van der Waals surface area (Å²) in [7, 11) is 0. The van der Waals surface area contributed by atoms with E-state index in [0.717, 1.165) is 0 Å². The Labute approximate surface area is 201 Å². The van der Waals surface area contributed by atoms with Gasteiger partial charge >= 0.3 is 5.97 Å². The number of carboxylic acid groups (broad SMARTS) is 1. The quantitative estimate of drug-likeness (QED) is 0.149. The molecule has 0 saturated carbocycles. The molecule has 1 aromatic carbocycles. The van der Waals surface area contributed by atoms with Crippen LogP contribution in [0.1, 0.15) is 24.8 Å². The van der Waals surface area contributed by atoms with E-state index in [1.165, 1.54) is 23.9 Å². The van der Waals surface area contributed by atoms with E-state index in [9.17, 15) is 34.2 Å². The second-order valence-corrected chi connectivity index (χ2v) is 8.43. The van der Waals surface area contributed by atoms with Gasteiger partial charge in [-0.15, -0.1) is 0 Å². The van der Waals surface area contributed by atoms with Gasteiger partial charge in [0.25, 0.3) is 0 Å². The molecule has 0 bridgehead atoms. The van der Waals surface area contributed by atoms with Crippen LogP contribution in [0, 0.1) is 0 Å². The maximum Gasteiger partial charge on any atom is 0.326 e. The molecule has 12 nitrogen and oxygen atoms in total. The van der Waals surface area contributed by atoms with E-state index in [-0.39, 0.29) is 38.0 Å². The number of nitrogens with two attached hydrogens (primary N) is 2. The minimum absolute atomic E-state index is 0.0360. The second kappa shape index (κ2) is 14.8. The fraction of sp³-hybridized carbons (Fsp3) is 0.476. The number of carboxylic acids is 1. The monoisotopic (exact) mass is 497 g/mol. The van der Waals surface area contributed by atoms with Crippen molar-refractivity contribution < 1.29 is 34.2 Å². The minimum Gasteiger partial charge on any atom is -0.508 e. The lowest BCUT2D eigenvalue weighted by atomic mass is 10.0. The number of hydrogen-bond acceptors (Lipinski definition) is 8. The molecule has 0 aromatic heterocycles. The Hall–Kier alpha value is -3.32. The van der Waals surface area contributed by atoms with Crippen molar-refractivity contribution in [2.45, 2.75) is 43.8 Å². The van der Waals surface area contributed by atoms with Gasteiger partial charge in [-0.2, -0.15) is 11.8 Å². The Balaban J connectivity index is 3.00. The molecule has 0 aliphatic rings. The van der Waals surface area contributed by atoms with Gasteiger partial charge in [-0.05, 0) is 42.5 Å². The summed E-state index contributed by atoms with van der Waals surface area (Å²) < 4.78 is 0. The summed E-state index contributed by atoms with van der Waals surface area (Å²) in [6.07, 6.45) is 1.62. The molecule has 0 saturated heterocycles. The maximum atomic E-state index is 13.0. The van der Waals surface area contributed by atoms with Gasteiger partial charge in [0.1, 0.15) is 23.9 Å². The van der Waals surface area contributed by atoms with Gasteiger partial charge in [-0.3, -0.25) is 19.2 Å². The topological polar surface area (TPSA) is 214 Å². The molecule has 1 rings (SSSR count). The zero-order chi connectivity index (χ0) is 25.7. The highest BCUT2D eigenvalue weighted by Gasteiger charge is 2.29. The van der Waals surface area contributed by atoms with Gasteiger partial charge in [0.15, 0.2) is 0 Å². The standard InChI is InChI=1S/C21H31N5O7S/c1-34-9-8-14(19(30)26-15(21(32)33)6-7-17(23)28)25-20(31)16(24-18(29)11-22)10-12-2-4-13(27)5-3-12/h2-5,14-16,27H,6-11,22H2,1H3,(H2,23,28)(H,24,29)(H,25,31)(H,26,30)(H,32,33). The first-order valence-corrected chi connectivity index (χ1v) is 11.8. The normalized spacial score (nSPS) is 13.2. The van der Waals surface area contributed by atoms with Crippen LogP contribution in [-0.4, -0.2) is 76.5 Å². The molecular weight excluding hydrogens is 466 g/mol. The number of carbonyl (C=O) groups is 5. The lowest BCUT2D eigenvalue weighted by Gasteiger charge is -2.24. The molecule has 0 radical (unpaired) electrons. The Kier molecular flexibility index (Phi) is 12.5. The van der Waals surface area contributed by atoms with Crippen molar-refractivity contribution in [3.05, 3.63) is 29.8 Å². The average molecular weight is 498 g/mol. The summed E-state index contributed by atoms with van der Waals surface area (Å²) in [4.78, 5) is 60.1. The number of amides is 4. The van der Waals surface area contributed by atoms with E-state index in [0.29, 0.717) is 11.3 Å². The number of carbonyl (C=O) groups excluding carboxylic acids is 4. The SMILES string of the molecule is CSCCC(NC(=O)C(Cc1ccc(O)cc1)NC(=O)CN)C(=O)NC(CCC(N)=O)C(=O)O. The third-order valence-corrected chi connectivity index (χ3v) is 5.39. The van der Waals surface area contributed by atoms with Crippen LogP contribution in [-0.2, 0) is 30.4 Å². The second-order valence-electron chi connectivity index (χ2n) is 7.44. The fourth-order valence-corrected chi connectivity index (χ4v) is 3.39. The van der Waals surface area contributed by atoms with E-state index < -0.39 is 47.7 Å². The largest absolute Gasteiger partial charge is 0.508 e. The first-order chi connectivity index (χ1) is 16.1. The number of thioether (sulfide) groups is 1. The molecule has 4 amide bonds. The number of phenols is 1. The van der Waals surface area contributed by atoms with Crippen LogP contribution in [0.15, 0.2) is 24.3 Å². The van der Waals surface area contributed by atoms with Crippen LogP contribution in [0.25, 0.3) is 0 Å². The van der Waals surface area contributed by atoms with E-state index >= 15 is 0 Å².